The number of nitrogens with zero attached hydrogens (tertiary/aromatic N) is 2. The van der Waals surface area contributed by atoms with Crippen molar-refractivity contribution >= 4 is 29.3 Å². The number of aromatic nitrogens is 2. The molecule has 3 heterocycles. The maximum absolute atomic E-state index is 6.02. The van der Waals surface area contributed by atoms with Gasteiger partial charge < -0.3 is 15.0 Å². The van der Waals surface area contributed by atoms with Crippen molar-refractivity contribution in [3.8, 4) is 0 Å². The molecule has 2 N–H and O–H groups in total. The van der Waals surface area contributed by atoms with Crippen LogP contribution in [-0.4, -0.2) is 28.3 Å². The van der Waals surface area contributed by atoms with Crippen molar-refractivity contribution < 1.29 is 9.31 Å². The van der Waals surface area contributed by atoms with Crippen molar-refractivity contribution in [1.82, 2.24) is 9.97 Å². The van der Waals surface area contributed by atoms with E-state index in [2.05, 4.69) is 9.97 Å². The molecule has 0 unspecified atom stereocenters. The van der Waals surface area contributed by atoms with E-state index >= 15 is 0 Å². The molecule has 0 radical (unpaired) electrons. The number of nitrogen functional groups attached to an aromatic ring is 1. The molecule has 6 heteroatoms. The highest BCUT2D eigenvalue weighted by Gasteiger charge is 2.51. The van der Waals surface area contributed by atoms with Crippen LogP contribution in [0.15, 0.2) is 24.5 Å². The first-order chi connectivity index (χ1) is 9.28. The Bertz CT molecular complexity index is 657. The molecular formula is C14H18BN3O2. The van der Waals surface area contributed by atoms with E-state index in [1.165, 1.54) is 0 Å². The van der Waals surface area contributed by atoms with Gasteiger partial charge in [-0.25, -0.2) is 4.98 Å². The molecule has 0 amide bonds. The van der Waals surface area contributed by atoms with Crippen LogP contribution >= 0.6 is 0 Å². The van der Waals surface area contributed by atoms with Gasteiger partial charge in [0.25, 0.3) is 0 Å². The predicted molar refractivity (Wildman–Crippen MR) is 79.7 cm³/mol. The molecule has 0 atom stereocenters. The first-order valence-corrected chi connectivity index (χ1v) is 6.65. The zero-order chi connectivity index (χ0) is 14.5. The smallest absolute Gasteiger partial charge is 0.399 e. The van der Waals surface area contributed by atoms with Crippen LogP contribution in [0, 0.1) is 0 Å². The van der Waals surface area contributed by atoms with Crippen molar-refractivity contribution in [3.63, 3.8) is 0 Å². The second-order valence-electron chi connectivity index (χ2n) is 6.16. The topological polar surface area (TPSA) is 70.3 Å². The van der Waals surface area contributed by atoms with Crippen LogP contribution in [0.2, 0.25) is 0 Å². The monoisotopic (exact) mass is 271 g/mol. The van der Waals surface area contributed by atoms with Gasteiger partial charge in [0.15, 0.2) is 0 Å². The Morgan fingerprint density at radius 2 is 1.65 bits per heavy atom. The SMILES string of the molecule is CC1(C)OB(c2cnc3cnc(N)cc3c2)OC1(C)C. The fourth-order valence-corrected chi connectivity index (χ4v) is 2.17. The minimum absolute atomic E-state index is 0.357. The summed E-state index contributed by atoms with van der Waals surface area (Å²) in [6.45, 7) is 8.12. The minimum atomic E-state index is -0.411. The Morgan fingerprint density at radius 1 is 1.00 bits per heavy atom. The molecule has 104 valence electrons. The maximum Gasteiger partial charge on any atom is 0.496 e. The van der Waals surface area contributed by atoms with E-state index in [1.807, 2.05) is 33.8 Å². The summed E-state index contributed by atoms with van der Waals surface area (Å²) in [5.41, 5.74) is 6.69. The van der Waals surface area contributed by atoms with Gasteiger partial charge in [-0.05, 0) is 33.8 Å². The third-order valence-electron chi connectivity index (χ3n) is 4.14. The Labute approximate surface area is 118 Å². The third kappa shape index (κ3) is 2.05. The Balaban J connectivity index is 2.00. The van der Waals surface area contributed by atoms with Crippen LogP contribution in [0.1, 0.15) is 27.7 Å². The van der Waals surface area contributed by atoms with Gasteiger partial charge in [-0.15, -0.1) is 0 Å². The lowest BCUT2D eigenvalue weighted by Gasteiger charge is -2.32. The van der Waals surface area contributed by atoms with E-state index in [4.69, 9.17) is 15.0 Å². The van der Waals surface area contributed by atoms with Gasteiger partial charge in [-0.3, -0.25) is 4.98 Å². The lowest BCUT2D eigenvalue weighted by atomic mass is 9.80. The van der Waals surface area contributed by atoms with Crippen molar-refractivity contribution in [2.24, 2.45) is 0 Å². The summed E-state index contributed by atoms with van der Waals surface area (Å²) in [6.07, 6.45) is 3.43. The fourth-order valence-electron chi connectivity index (χ4n) is 2.17. The van der Waals surface area contributed by atoms with Crippen molar-refractivity contribution in [3.05, 3.63) is 24.5 Å². The van der Waals surface area contributed by atoms with Crippen LogP contribution in [0.5, 0.6) is 0 Å². The van der Waals surface area contributed by atoms with Gasteiger partial charge in [0.2, 0.25) is 0 Å². The predicted octanol–water partition coefficient (Wildman–Crippen LogP) is 1.51. The highest BCUT2D eigenvalue weighted by atomic mass is 16.7. The summed E-state index contributed by atoms with van der Waals surface area (Å²) in [4.78, 5) is 8.42. The van der Waals surface area contributed by atoms with Gasteiger partial charge >= 0.3 is 7.12 Å². The van der Waals surface area contributed by atoms with Crippen LogP contribution in [0.3, 0.4) is 0 Å². The Kier molecular flexibility index (Phi) is 2.78. The molecule has 0 aliphatic carbocycles. The quantitative estimate of drug-likeness (QED) is 0.796. The molecule has 2 aromatic rings. The highest BCUT2D eigenvalue weighted by molar-refractivity contribution is 6.62. The summed E-state index contributed by atoms with van der Waals surface area (Å²) >= 11 is 0. The second-order valence-corrected chi connectivity index (χ2v) is 6.16. The first kappa shape index (κ1) is 13.3. The third-order valence-corrected chi connectivity index (χ3v) is 4.14. The number of pyridine rings is 2. The van der Waals surface area contributed by atoms with E-state index in [0.29, 0.717) is 5.82 Å². The zero-order valence-corrected chi connectivity index (χ0v) is 12.2. The summed E-state index contributed by atoms with van der Waals surface area (Å²) in [5, 5.41) is 0.935. The van der Waals surface area contributed by atoms with Gasteiger partial charge in [0, 0.05) is 17.0 Å². The van der Waals surface area contributed by atoms with Gasteiger partial charge in [-0.2, -0.15) is 0 Å². The fraction of sp³-hybridized carbons (Fsp3) is 0.429. The minimum Gasteiger partial charge on any atom is -0.399 e. The van der Waals surface area contributed by atoms with E-state index in [0.717, 1.165) is 16.4 Å². The summed E-state index contributed by atoms with van der Waals surface area (Å²) in [6, 6.07) is 3.79. The number of nitrogens with two attached hydrogens (primary N) is 1. The van der Waals surface area contributed by atoms with Crippen molar-refractivity contribution in [2.45, 2.75) is 38.9 Å². The molecule has 1 aliphatic heterocycles. The molecule has 0 bridgehead atoms. The zero-order valence-electron chi connectivity index (χ0n) is 12.2. The molecule has 20 heavy (non-hydrogen) atoms. The van der Waals surface area contributed by atoms with Crippen LogP contribution in [0.4, 0.5) is 5.82 Å². The number of hydrogen-bond acceptors (Lipinski definition) is 5. The molecule has 1 saturated heterocycles. The van der Waals surface area contributed by atoms with Crippen molar-refractivity contribution in [1.29, 1.82) is 0 Å². The Hall–Kier alpha value is -1.66. The summed E-state index contributed by atoms with van der Waals surface area (Å²) in [7, 11) is -0.411. The van der Waals surface area contributed by atoms with Crippen LogP contribution < -0.4 is 11.2 Å². The number of anilines is 1. The summed E-state index contributed by atoms with van der Waals surface area (Å²) in [5.74, 6) is 0.477. The van der Waals surface area contributed by atoms with Gasteiger partial charge in [0.05, 0.1) is 22.9 Å². The molecular weight excluding hydrogens is 253 g/mol. The number of hydrogen-bond donors (Lipinski definition) is 1. The molecule has 1 fully saturated rings. The maximum atomic E-state index is 6.02. The molecule has 1 aliphatic rings. The van der Waals surface area contributed by atoms with Crippen LogP contribution in [0.25, 0.3) is 10.9 Å². The number of fused-ring (bicyclic) bond motifs is 1. The largest absolute Gasteiger partial charge is 0.496 e. The lowest BCUT2D eigenvalue weighted by molar-refractivity contribution is 0.00578. The lowest BCUT2D eigenvalue weighted by Crippen LogP contribution is -2.41. The summed E-state index contributed by atoms with van der Waals surface area (Å²) < 4.78 is 12.0. The van der Waals surface area contributed by atoms with E-state index in [-0.39, 0.29) is 11.2 Å². The standard InChI is InChI=1S/C14H18BN3O2/c1-13(2)14(3,4)20-15(19-13)10-5-9-6-12(16)18-8-11(9)17-7-10/h5-8H,1-4H3,(H2,16,18). The second kappa shape index (κ2) is 4.17. The highest BCUT2D eigenvalue weighted by Crippen LogP contribution is 2.36. The molecule has 0 saturated carbocycles. The first-order valence-electron chi connectivity index (χ1n) is 6.65. The van der Waals surface area contributed by atoms with Gasteiger partial charge in [0.1, 0.15) is 5.82 Å². The van der Waals surface area contributed by atoms with Crippen molar-refractivity contribution in [2.75, 3.05) is 5.73 Å². The normalized spacial score (nSPS) is 20.5. The Morgan fingerprint density at radius 3 is 2.30 bits per heavy atom. The van der Waals surface area contributed by atoms with E-state index in [1.54, 1.807) is 18.5 Å². The van der Waals surface area contributed by atoms with E-state index < -0.39 is 7.12 Å². The molecule has 0 spiro atoms. The molecule has 3 rings (SSSR count). The van der Waals surface area contributed by atoms with Gasteiger partial charge in [-0.1, -0.05) is 6.07 Å². The van der Waals surface area contributed by atoms with E-state index in [9.17, 15) is 0 Å². The molecule has 2 aromatic heterocycles. The average molecular weight is 271 g/mol. The average Bonchev–Trinajstić information content (AvgIpc) is 2.57. The molecule has 0 aromatic carbocycles. The van der Waals surface area contributed by atoms with Crippen LogP contribution in [-0.2, 0) is 9.31 Å². The number of rotatable bonds is 1. The molecule has 5 nitrogen and oxygen atoms in total.